The summed E-state index contributed by atoms with van der Waals surface area (Å²) < 4.78 is 11.0. The maximum atomic E-state index is 5.74. The van der Waals surface area contributed by atoms with E-state index in [4.69, 9.17) is 9.26 Å². The third-order valence-electron chi connectivity index (χ3n) is 3.43. The lowest BCUT2D eigenvalue weighted by Gasteiger charge is -2.07. The summed E-state index contributed by atoms with van der Waals surface area (Å²) in [5.74, 6) is 2.69. The van der Waals surface area contributed by atoms with E-state index in [0.717, 1.165) is 44.0 Å². The molecule has 5 nitrogen and oxygen atoms in total. The molecule has 1 aromatic heterocycles. The van der Waals surface area contributed by atoms with Gasteiger partial charge in [-0.3, -0.25) is 0 Å². The maximum Gasteiger partial charge on any atom is 0.229 e. The van der Waals surface area contributed by atoms with Gasteiger partial charge in [0.1, 0.15) is 5.75 Å². The van der Waals surface area contributed by atoms with Crippen molar-refractivity contribution < 1.29 is 9.26 Å². The topological polar surface area (TPSA) is 60.2 Å². The molecule has 112 valence electrons. The minimum absolute atomic E-state index is 0.349. The molecular weight excluding hydrogens is 266 g/mol. The molecule has 1 fully saturated rings. The van der Waals surface area contributed by atoms with Gasteiger partial charge in [0.05, 0.1) is 0 Å². The lowest BCUT2D eigenvalue weighted by molar-refractivity contribution is 0.285. The van der Waals surface area contributed by atoms with Crippen LogP contribution >= 0.6 is 0 Å². The summed E-state index contributed by atoms with van der Waals surface area (Å²) in [7, 11) is 0. The van der Waals surface area contributed by atoms with Gasteiger partial charge in [-0.05, 0) is 43.5 Å². The van der Waals surface area contributed by atoms with Gasteiger partial charge in [-0.15, -0.1) is 0 Å². The molecule has 1 N–H and O–H groups in total. The highest BCUT2D eigenvalue weighted by atomic mass is 16.5. The van der Waals surface area contributed by atoms with Crippen LogP contribution in [0.4, 0.5) is 0 Å². The molecule has 0 atom stereocenters. The monoisotopic (exact) mass is 287 g/mol. The van der Waals surface area contributed by atoms with E-state index in [1.807, 2.05) is 18.2 Å². The van der Waals surface area contributed by atoms with Crippen molar-refractivity contribution in [1.82, 2.24) is 15.5 Å². The Morgan fingerprint density at radius 3 is 3.10 bits per heavy atom. The molecule has 1 saturated carbocycles. The van der Waals surface area contributed by atoms with Crippen molar-refractivity contribution in [3.63, 3.8) is 0 Å². The SMILES string of the molecule is CCCNCc1cccc(OCc2noc(C3CC3)n2)c1. The number of ether oxygens (including phenoxy) is 1. The fraction of sp³-hybridized carbons (Fsp3) is 0.500. The fourth-order valence-corrected chi connectivity index (χ4v) is 2.12. The van der Waals surface area contributed by atoms with Gasteiger partial charge in [-0.1, -0.05) is 24.2 Å². The summed E-state index contributed by atoms with van der Waals surface area (Å²) in [4.78, 5) is 4.36. The number of hydrogen-bond donors (Lipinski definition) is 1. The highest BCUT2D eigenvalue weighted by Crippen LogP contribution is 2.38. The molecule has 0 bridgehead atoms. The molecule has 5 heteroatoms. The smallest absolute Gasteiger partial charge is 0.229 e. The van der Waals surface area contributed by atoms with Crippen LogP contribution < -0.4 is 10.1 Å². The molecule has 1 aromatic carbocycles. The van der Waals surface area contributed by atoms with E-state index >= 15 is 0 Å². The maximum absolute atomic E-state index is 5.74. The van der Waals surface area contributed by atoms with Crippen molar-refractivity contribution >= 4 is 0 Å². The van der Waals surface area contributed by atoms with Crippen LogP contribution in [0.1, 0.15) is 49.4 Å². The van der Waals surface area contributed by atoms with Crippen LogP contribution in [-0.4, -0.2) is 16.7 Å². The zero-order valence-electron chi connectivity index (χ0n) is 12.3. The van der Waals surface area contributed by atoms with Crippen LogP contribution in [0.5, 0.6) is 5.75 Å². The third kappa shape index (κ3) is 4.04. The Hall–Kier alpha value is -1.88. The van der Waals surface area contributed by atoms with Gasteiger partial charge >= 0.3 is 0 Å². The summed E-state index contributed by atoms with van der Waals surface area (Å²) in [5.41, 5.74) is 1.22. The Balaban J connectivity index is 1.52. The Labute approximate surface area is 124 Å². The van der Waals surface area contributed by atoms with Gasteiger partial charge in [0.25, 0.3) is 0 Å². The summed E-state index contributed by atoms with van der Waals surface area (Å²) in [6.45, 7) is 4.40. The second kappa shape index (κ2) is 6.72. The quantitative estimate of drug-likeness (QED) is 0.756. The van der Waals surface area contributed by atoms with Crippen LogP contribution in [-0.2, 0) is 13.2 Å². The minimum Gasteiger partial charge on any atom is -0.485 e. The van der Waals surface area contributed by atoms with Gasteiger partial charge in [0.15, 0.2) is 6.61 Å². The van der Waals surface area contributed by atoms with Crippen molar-refractivity contribution in [3.8, 4) is 5.75 Å². The van der Waals surface area contributed by atoms with Crippen molar-refractivity contribution in [3.05, 3.63) is 41.5 Å². The Morgan fingerprint density at radius 1 is 1.38 bits per heavy atom. The minimum atomic E-state index is 0.349. The van der Waals surface area contributed by atoms with Gasteiger partial charge in [-0.2, -0.15) is 4.98 Å². The third-order valence-corrected chi connectivity index (χ3v) is 3.43. The second-order valence-electron chi connectivity index (χ2n) is 5.44. The van der Waals surface area contributed by atoms with Gasteiger partial charge in [0.2, 0.25) is 11.7 Å². The molecular formula is C16H21N3O2. The van der Waals surface area contributed by atoms with E-state index in [-0.39, 0.29) is 0 Å². The normalized spacial score (nSPS) is 14.3. The average Bonchev–Trinajstić information content (AvgIpc) is 3.25. The zero-order chi connectivity index (χ0) is 14.5. The molecule has 2 aromatic rings. The second-order valence-corrected chi connectivity index (χ2v) is 5.44. The van der Waals surface area contributed by atoms with Crippen LogP contribution in [0.2, 0.25) is 0 Å². The van der Waals surface area contributed by atoms with Crippen molar-refractivity contribution in [2.75, 3.05) is 6.54 Å². The van der Waals surface area contributed by atoms with Crippen LogP contribution in [0.15, 0.2) is 28.8 Å². The van der Waals surface area contributed by atoms with Crippen LogP contribution in [0, 0.1) is 0 Å². The molecule has 0 spiro atoms. The van der Waals surface area contributed by atoms with Crippen molar-refractivity contribution in [2.24, 2.45) is 0 Å². The van der Waals surface area contributed by atoms with E-state index < -0.39 is 0 Å². The average molecular weight is 287 g/mol. The highest BCUT2D eigenvalue weighted by molar-refractivity contribution is 5.28. The fourth-order valence-electron chi connectivity index (χ4n) is 2.12. The van der Waals surface area contributed by atoms with E-state index in [0.29, 0.717) is 18.3 Å². The van der Waals surface area contributed by atoms with E-state index in [9.17, 15) is 0 Å². The molecule has 3 rings (SSSR count). The summed E-state index contributed by atoms with van der Waals surface area (Å²) >= 11 is 0. The summed E-state index contributed by atoms with van der Waals surface area (Å²) in [6.07, 6.45) is 3.46. The largest absolute Gasteiger partial charge is 0.485 e. The highest BCUT2D eigenvalue weighted by Gasteiger charge is 2.29. The Kier molecular flexibility index (Phi) is 4.50. The molecule has 0 saturated heterocycles. The first kappa shape index (κ1) is 14.1. The number of hydrogen-bond acceptors (Lipinski definition) is 5. The number of nitrogens with zero attached hydrogens (tertiary/aromatic N) is 2. The number of benzene rings is 1. The number of nitrogens with one attached hydrogen (secondary N) is 1. The van der Waals surface area contributed by atoms with Crippen molar-refractivity contribution in [1.29, 1.82) is 0 Å². The van der Waals surface area contributed by atoms with Gasteiger partial charge < -0.3 is 14.6 Å². The van der Waals surface area contributed by atoms with Crippen LogP contribution in [0.25, 0.3) is 0 Å². The summed E-state index contributed by atoms with van der Waals surface area (Å²) in [5, 5.41) is 7.33. The van der Waals surface area contributed by atoms with E-state index in [1.54, 1.807) is 0 Å². The number of aromatic nitrogens is 2. The van der Waals surface area contributed by atoms with Crippen LogP contribution in [0.3, 0.4) is 0 Å². The molecule has 0 unspecified atom stereocenters. The summed E-state index contributed by atoms with van der Waals surface area (Å²) in [6, 6.07) is 8.09. The molecule has 1 heterocycles. The van der Waals surface area contributed by atoms with Gasteiger partial charge in [-0.25, -0.2) is 0 Å². The molecule has 0 aliphatic heterocycles. The molecule has 0 amide bonds. The predicted octanol–water partition coefficient (Wildman–Crippen LogP) is 3.03. The first-order valence-electron chi connectivity index (χ1n) is 7.60. The lowest BCUT2D eigenvalue weighted by atomic mass is 10.2. The lowest BCUT2D eigenvalue weighted by Crippen LogP contribution is -2.13. The Bertz CT molecular complexity index is 578. The first-order chi connectivity index (χ1) is 10.3. The molecule has 1 aliphatic rings. The van der Waals surface area contributed by atoms with Crippen molar-refractivity contribution in [2.45, 2.75) is 45.3 Å². The zero-order valence-corrected chi connectivity index (χ0v) is 12.3. The standard InChI is InChI=1S/C16H21N3O2/c1-2-8-17-10-12-4-3-5-14(9-12)20-11-15-18-16(21-19-15)13-6-7-13/h3-5,9,13,17H,2,6-8,10-11H2,1H3. The molecule has 21 heavy (non-hydrogen) atoms. The van der Waals surface area contributed by atoms with E-state index in [2.05, 4.69) is 28.4 Å². The predicted molar refractivity (Wildman–Crippen MR) is 79.0 cm³/mol. The molecule has 1 aliphatic carbocycles. The van der Waals surface area contributed by atoms with Gasteiger partial charge in [0, 0.05) is 12.5 Å². The first-order valence-corrected chi connectivity index (χ1v) is 7.60. The Morgan fingerprint density at radius 2 is 2.29 bits per heavy atom. The van der Waals surface area contributed by atoms with E-state index in [1.165, 1.54) is 5.56 Å². The number of rotatable bonds is 8. The molecule has 0 radical (unpaired) electrons.